The molecule has 0 spiro atoms. The second kappa shape index (κ2) is 9.98. The van der Waals surface area contributed by atoms with E-state index < -0.39 is 35.9 Å². The Morgan fingerprint density at radius 2 is 1.27 bits per heavy atom. The molecule has 0 radical (unpaired) electrons. The number of hydrogen-bond acceptors (Lipinski definition) is 1. The highest BCUT2D eigenvalue weighted by atomic mass is 19.4. The van der Waals surface area contributed by atoms with Gasteiger partial charge in [0.05, 0.1) is 22.8 Å². The van der Waals surface area contributed by atoms with Gasteiger partial charge in [-0.25, -0.2) is 4.57 Å². The molecule has 174 valence electrons. The van der Waals surface area contributed by atoms with E-state index in [9.17, 15) is 39.3 Å². The van der Waals surface area contributed by atoms with E-state index in [0.29, 0.717) is 0 Å². The first-order valence-electron chi connectivity index (χ1n) is 9.13. The Kier molecular flexibility index (Phi) is 7.79. The zero-order chi connectivity index (χ0) is 24.9. The lowest BCUT2D eigenvalue weighted by atomic mass is 9.78. The van der Waals surface area contributed by atoms with Crippen molar-refractivity contribution in [1.29, 1.82) is 5.26 Å². The van der Waals surface area contributed by atoms with Crippen LogP contribution in [-0.2, 0) is 18.9 Å². The van der Waals surface area contributed by atoms with Crippen molar-refractivity contribution in [2.24, 2.45) is 0 Å². The first-order valence-corrected chi connectivity index (χ1v) is 9.13. The molecule has 0 fully saturated rings. The molecule has 33 heavy (non-hydrogen) atoms. The Bertz CT molecular complexity index is 1040. The minimum absolute atomic E-state index is 0.338. The monoisotopic (exact) mass is 476 g/mol. The molecule has 12 heteroatoms. The minimum atomic E-state index is -5.95. The van der Waals surface area contributed by atoms with Crippen LogP contribution in [0, 0.1) is 11.3 Å². The molecule has 0 aliphatic carbocycles. The van der Waals surface area contributed by atoms with Gasteiger partial charge in [0.25, 0.3) is 0 Å². The van der Waals surface area contributed by atoms with Gasteiger partial charge < -0.3 is 12.9 Å². The molecule has 0 saturated carbocycles. The second-order valence-electron chi connectivity index (χ2n) is 6.73. The molecule has 0 bridgehead atoms. The van der Waals surface area contributed by atoms with Gasteiger partial charge in [0.2, 0.25) is 0 Å². The van der Waals surface area contributed by atoms with Crippen molar-refractivity contribution in [1.82, 2.24) is 0 Å². The van der Waals surface area contributed by atoms with Crippen LogP contribution in [0.15, 0.2) is 73.1 Å². The van der Waals surface area contributed by atoms with Gasteiger partial charge in [0.1, 0.15) is 0 Å². The number of nitrogens with zero attached hydrogens (tertiary/aromatic N) is 2. The fourth-order valence-corrected chi connectivity index (χ4v) is 2.67. The van der Waals surface area contributed by atoms with Crippen molar-refractivity contribution < 1.29 is 43.9 Å². The molecular formula is C21H14BF9N2. The lowest BCUT2D eigenvalue weighted by Gasteiger charge is -2.19. The molecule has 2 aromatic carbocycles. The van der Waals surface area contributed by atoms with Crippen LogP contribution in [0.25, 0.3) is 0 Å². The highest BCUT2D eigenvalue weighted by Gasteiger charge is 2.39. The lowest BCUT2D eigenvalue weighted by Crippen LogP contribution is -2.36. The van der Waals surface area contributed by atoms with Crippen molar-refractivity contribution in [3.8, 4) is 6.07 Å². The molecular weight excluding hydrogens is 462 g/mol. The zero-order valence-corrected chi connectivity index (χ0v) is 16.5. The molecule has 2 nitrogen and oxygen atoms in total. The second-order valence-corrected chi connectivity index (χ2v) is 6.73. The van der Waals surface area contributed by atoms with E-state index in [0.717, 1.165) is 17.7 Å². The Hall–Kier alpha value is -3.49. The van der Waals surface area contributed by atoms with Crippen molar-refractivity contribution >= 4 is 12.4 Å². The van der Waals surface area contributed by atoms with E-state index >= 15 is 0 Å². The molecule has 0 aliphatic rings. The van der Waals surface area contributed by atoms with Crippen molar-refractivity contribution in [2.75, 3.05) is 0 Å². The van der Waals surface area contributed by atoms with Crippen LogP contribution in [0.3, 0.4) is 0 Å². The zero-order valence-electron chi connectivity index (χ0n) is 16.5. The molecule has 0 unspecified atom stereocenters. The average Bonchev–Trinajstić information content (AvgIpc) is 2.73. The predicted octanol–water partition coefficient (Wildman–Crippen LogP) is 5.67. The number of benzene rings is 2. The van der Waals surface area contributed by atoms with E-state index in [4.69, 9.17) is 5.26 Å². The standard InChI is InChI=1S/C13H11N2.C8H3BF9/c14-10-12-6-2-3-7-13(12)11-15-8-4-1-5-9-15;10-7(11,12)4-1-5(8(13,14)15)3-6(2-4)9(16,17)18/h1-9H,11H2;1-3H/q+1;-1. The number of alkyl halides is 6. The summed E-state index contributed by atoms with van der Waals surface area (Å²) in [5, 5.41) is 8.94. The van der Waals surface area contributed by atoms with Crippen LogP contribution < -0.4 is 10.0 Å². The lowest BCUT2D eigenvalue weighted by molar-refractivity contribution is -0.688. The number of pyridine rings is 1. The van der Waals surface area contributed by atoms with Crippen LogP contribution in [0.2, 0.25) is 0 Å². The summed E-state index contributed by atoms with van der Waals surface area (Å²) < 4.78 is 112. The van der Waals surface area contributed by atoms with Crippen molar-refractivity contribution in [3.63, 3.8) is 0 Å². The van der Waals surface area contributed by atoms with Crippen LogP contribution >= 0.6 is 0 Å². The smallest absolute Gasteiger partial charge is 0.445 e. The van der Waals surface area contributed by atoms with Gasteiger partial charge >= 0.3 is 19.3 Å². The topological polar surface area (TPSA) is 27.7 Å². The van der Waals surface area contributed by atoms with Crippen LogP contribution in [0.5, 0.6) is 0 Å². The summed E-state index contributed by atoms with van der Waals surface area (Å²) in [5.41, 5.74) is -4.10. The fourth-order valence-electron chi connectivity index (χ4n) is 2.67. The first kappa shape index (κ1) is 25.8. The molecule has 0 N–H and O–H groups in total. The SMILES string of the molecule is F[B-](F)(F)c1cc(C(F)(F)F)cc(C(F)(F)F)c1.N#Cc1ccccc1C[n+]1ccccc1. The number of hydrogen-bond donors (Lipinski definition) is 0. The normalized spacial score (nSPS) is 11.9. The molecule has 0 aliphatic heterocycles. The quantitative estimate of drug-likeness (QED) is 0.272. The summed E-state index contributed by atoms with van der Waals surface area (Å²) in [4.78, 5) is 0. The maximum atomic E-state index is 12.3. The summed E-state index contributed by atoms with van der Waals surface area (Å²) in [6.45, 7) is -5.21. The van der Waals surface area contributed by atoms with Gasteiger partial charge in [0.15, 0.2) is 18.9 Å². The Balaban J connectivity index is 0.000000237. The number of nitriles is 1. The van der Waals surface area contributed by atoms with Gasteiger partial charge in [-0.1, -0.05) is 36.4 Å². The Labute approximate surface area is 182 Å². The summed E-state index contributed by atoms with van der Waals surface area (Å²) in [6.07, 6.45) is -6.57. The van der Waals surface area contributed by atoms with Gasteiger partial charge in [0, 0.05) is 17.7 Å². The summed E-state index contributed by atoms with van der Waals surface area (Å²) >= 11 is 0. The summed E-state index contributed by atoms with van der Waals surface area (Å²) in [7, 11) is 0. The molecule has 3 aromatic rings. The van der Waals surface area contributed by atoms with Crippen LogP contribution in [0.1, 0.15) is 22.3 Å². The minimum Gasteiger partial charge on any atom is -0.445 e. The third-order valence-electron chi connectivity index (χ3n) is 4.26. The maximum Gasteiger partial charge on any atom is 0.509 e. The summed E-state index contributed by atoms with van der Waals surface area (Å²) in [6, 6.07) is 14.8. The van der Waals surface area contributed by atoms with Gasteiger partial charge in [-0.15, -0.1) is 5.46 Å². The first-order chi connectivity index (χ1) is 15.2. The van der Waals surface area contributed by atoms with E-state index in [1.54, 1.807) is 0 Å². The number of rotatable bonds is 3. The molecule has 3 rings (SSSR count). The van der Waals surface area contributed by atoms with Gasteiger partial charge in [-0.2, -0.15) is 31.6 Å². The largest absolute Gasteiger partial charge is 0.509 e. The molecule has 1 aromatic heterocycles. The maximum absolute atomic E-state index is 12.3. The third-order valence-corrected chi connectivity index (χ3v) is 4.26. The van der Waals surface area contributed by atoms with Crippen LogP contribution in [-0.4, -0.2) is 6.98 Å². The summed E-state index contributed by atoms with van der Waals surface area (Å²) in [5.74, 6) is 0. The molecule has 0 saturated heterocycles. The van der Waals surface area contributed by atoms with E-state index in [1.807, 2.05) is 54.9 Å². The van der Waals surface area contributed by atoms with E-state index in [-0.39, 0.29) is 18.2 Å². The van der Waals surface area contributed by atoms with Gasteiger partial charge in [-0.3, -0.25) is 0 Å². The van der Waals surface area contributed by atoms with E-state index in [2.05, 4.69) is 10.6 Å². The number of aromatic nitrogens is 1. The van der Waals surface area contributed by atoms with Crippen molar-refractivity contribution in [3.05, 3.63) is 95.3 Å². The predicted molar refractivity (Wildman–Crippen MR) is 102 cm³/mol. The highest BCUT2D eigenvalue weighted by molar-refractivity contribution is 6.73. The van der Waals surface area contributed by atoms with Gasteiger partial charge in [-0.05, 0) is 12.1 Å². The molecule has 0 amide bonds. The fraction of sp³-hybridized carbons (Fsp3) is 0.143. The number of halogens is 9. The molecule has 1 heterocycles. The average molecular weight is 476 g/mol. The third kappa shape index (κ3) is 7.55. The van der Waals surface area contributed by atoms with Crippen molar-refractivity contribution in [2.45, 2.75) is 18.9 Å². The Morgan fingerprint density at radius 3 is 1.73 bits per heavy atom. The van der Waals surface area contributed by atoms with E-state index in [1.165, 1.54) is 0 Å². The Morgan fingerprint density at radius 1 is 0.758 bits per heavy atom. The highest BCUT2D eigenvalue weighted by Crippen LogP contribution is 2.35. The van der Waals surface area contributed by atoms with Crippen LogP contribution in [0.4, 0.5) is 39.3 Å². The molecule has 0 atom stereocenters.